The number of hydrogen-bond donors (Lipinski definition) is 3. The van der Waals surface area contributed by atoms with Crippen molar-refractivity contribution >= 4 is 22.3 Å². The number of β-amino-alcohol motifs (C(OH)–C–C–N with tert-alkyl or cyclic N) is 1. The van der Waals surface area contributed by atoms with Crippen LogP contribution in [0, 0.1) is 0 Å². The van der Waals surface area contributed by atoms with E-state index < -0.39 is 12.1 Å². The third-order valence-corrected chi connectivity index (χ3v) is 4.19. The van der Waals surface area contributed by atoms with Gasteiger partial charge in [0.05, 0.1) is 18.3 Å². The molecule has 1 aliphatic heterocycles. The Balaban J connectivity index is 1.92. The molecule has 7 heteroatoms. The number of aliphatic hydroxyl groups is 2. The maximum atomic E-state index is 11.1. The zero-order valence-corrected chi connectivity index (χ0v) is 11.3. The zero-order chi connectivity index (χ0) is 13.8. The van der Waals surface area contributed by atoms with Gasteiger partial charge in [0.15, 0.2) is 0 Å². The van der Waals surface area contributed by atoms with Gasteiger partial charge in [-0.05, 0) is 11.4 Å². The van der Waals surface area contributed by atoms with Gasteiger partial charge in [-0.2, -0.15) is 0 Å². The van der Waals surface area contributed by atoms with E-state index in [1.807, 2.05) is 0 Å². The minimum atomic E-state index is -0.894. The van der Waals surface area contributed by atoms with E-state index in [-0.39, 0.29) is 6.61 Å². The zero-order valence-electron chi connectivity index (χ0n) is 10.5. The fraction of sp³-hybridized carbons (Fsp3) is 0.583. The van der Waals surface area contributed by atoms with Crippen LogP contribution in [0.25, 0.3) is 0 Å². The van der Waals surface area contributed by atoms with Crippen LogP contribution >= 0.6 is 11.3 Å². The highest BCUT2D eigenvalue weighted by molar-refractivity contribution is 7.14. The predicted octanol–water partition coefficient (Wildman–Crippen LogP) is -0.0785. The number of nitrogens with zero attached hydrogens (tertiary/aromatic N) is 2. The average molecular weight is 286 g/mol. The van der Waals surface area contributed by atoms with E-state index in [9.17, 15) is 9.90 Å². The van der Waals surface area contributed by atoms with Crippen LogP contribution in [0.3, 0.4) is 0 Å². The van der Waals surface area contributed by atoms with Gasteiger partial charge in [0.1, 0.15) is 5.00 Å². The number of anilines is 1. The average Bonchev–Trinajstić information content (AvgIpc) is 2.89. The molecule has 106 valence electrons. The van der Waals surface area contributed by atoms with Crippen LogP contribution in [0.5, 0.6) is 0 Å². The molecule has 1 unspecified atom stereocenters. The summed E-state index contributed by atoms with van der Waals surface area (Å²) in [6.45, 7) is 3.22. The summed E-state index contributed by atoms with van der Waals surface area (Å²) in [5.41, 5.74) is 0.355. The summed E-state index contributed by atoms with van der Waals surface area (Å²) in [5, 5.41) is 29.9. The van der Waals surface area contributed by atoms with E-state index in [1.165, 1.54) is 11.3 Å². The Morgan fingerprint density at radius 2 is 2.05 bits per heavy atom. The van der Waals surface area contributed by atoms with Crippen molar-refractivity contribution in [2.45, 2.75) is 6.10 Å². The normalized spacial score (nSPS) is 18.5. The molecular weight excluding hydrogens is 268 g/mol. The number of carboxylic acid groups (broad SMARTS) is 1. The maximum absolute atomic E-state index is 11.1. The molecule has 2 rings (SSSR count). The number of carboxylic acids is 1. The van der Waals surface area contributed by atoms with Crippen LogP contribution in [0.1, 0.15) is 10.4 Å². The van der Waals surface area contributed by atoms with E-state index >= 15 is 0 Å². The van der Waals surface area contributed by atoms with Crippen LogP contribution in [-0.4, -0.2) is 71.6 Å². The van der Waals surface area contributed by atoms with E-state index in [0.717, 1.165) is 31.2 Å². The number of aliphatic hydroxyl groups excluding tert-OH is 2. The molecule has 19 heavy (non-hydrogen) atoms. The van der Waals surface area contributed by atoms with E-state index in [4.69, 9.17) is 10.2 Å². The van der Waals surface area contributed by atoms with E-state index in [1.54, 1.807) is 11.4 Å². The second-order valence-corrected chi connectivity index (χ2v) is 5.46. The van der Waals surface area contributed by atoms with Gasteiger partial charge in [0.25, 0.3) is 0 Å². The first kappa shape index (κ1) is 14.3. The summed E-state index contributed by atoms with van der Waals surface area (Å²) in [6, 6.07) is 1.63. The van der Waals surface area contributed by atoms with Crippen LogP contribution < -0.4 is 4.90 Å². The number of aromatic carboxylic acids is 1. The summed E-state index contributed by atoms with van der Waals surface area (Å²) >= 11 is 1.44. The molecule has 0 bridgehead atoms. The standard InChI is InChI=1S/C12H18N2O4S/c15-8-9(16)7-13-2-4-14(5-3-13)11-10(12(17)18)1-6-19-11/h1,6,9,15-16H,2-5,7-8H2,(H,17,18). The van der Waals surface area contributed by atoms with Gasteiger partial charge in [-0.15, -0.1) is 11.3 Å². The van der Waals surface area contributed by atoms with Crippen LogP contribution in [0.15, 0.2) is 11.4 Å². The molecule has 1 aliphatic rings. The Bertz CT molecular complexity index is 429. The predicted molar refractivity (Wildman–Crippen MR) is 73.0 cm³/mol. The Kier molecular flexibility index (Phi) is 4.76. The summed E-state index contributed by atoms with van der Waals surface area (Å²) in [4.78, 5) is 15.2. The van der Waals surface area contributed by atoms with Crippen molar-refractivity contribution in [3.8, 4) is 0 Å². The highest BCUT2D eigenvalue weighted by Gasteiger charge is 2.23. The molecule has 1 atom stereocenters. The van der Waals surface area contributed by atoms with Crippen molar-refractivity contribution in [2.24, 2.45) is 0 Å². The lowest BCUT2D eigenvalue weighted by molar-refractivity contribution is 0.0575. The molecule has 6 nitrogen and oxygen atoms in total. The molecular formula is C12H18N2O4S. The van der Waals surface area contributed by atoms with E-state index in [0.29, 0.717) is 12.1 Å². The number of hydrogen-bond acceptors (Lipinski definition) is 6. The molecule has 3 N–H and O–H groups in total. The molecule has 0 radical (unpaired) electrons. The molecule has 1 aromatic heterocycles. The third-order valence-electron chi connectivity index (χ3n) is 3.21. The first-order valence-corrected chi connectivity index (χ1v) is 7.06. The quantitative estimate of drug-likeness (QED) is 0.702. The van der Waals surface area contributed by atoms with E-state index in [2.05, 4.69) is 9.80 Å². The van der Waals surface area contributed by atoms with Crippen molar-refractivity contribution in [1.82, 2.24) is 4.90 Å². The lowest BCUT2D eigenvalue weighted by atomic mass is 10.2. The molecule has 1 saturated heterocycles. The molecule has 0 aromatic carbocycles. The molecule has 1 aromatic rings. The second-order valence-electron chi connectivity index (χ2n) is 4.57. The summed E-state index contributed by atoms with van der Waals surface area (Å²) in [7, 11) is 0. The molecule has 0 aliphatic carbocycles. The topological polar surface area (TPSA) is 84.2 Å². The Morgan fingerprint density at radius 1 is 1.37 bits per heavy atom. The minimum Gasteiger partial charge on any atom is -0.478 e. The van der Waals surface area contributed by atoms with Crippen molar-refractivity contribution in [1.29, 1.82) is 0 Å². The van der Waals surface area contributed by atoms with Gasteiger partial charge < -0.3 is 20.2 Å². The summed E-state index contributed by atoms with van der Waals surface area (Å²) < 4.78 is 0. The Labute approximate surface area is 115 Å². The number of thiophene rings is 1. The Morgan fingerprint density at radius 3 is 2.63 bits per heavy atom. The highest BCUT2D eigenvalue weighted by atomic mass is 32.1. The number of piperazine rings is 1. The third kappa shape index (κ3) is 3.44. The van der Waals surface area contributed by atoms with Gasteiger partial charge in [0, 0.05) is 32.7 Å². The summed E-state index contributed by atoms with van der Waals surface area (Å²) in [5.74, 6) is -0.894. The van der Waals surface area contributed by atoms with Gasteiger partial charge in [-0.3, -0.25) is 4.90 Å². The minimum absolute atomic E-state index is 0.228. The first-order chi connectivity index (χ1) is 9.11. The van der Waals surface area contributed by atoms with Crippen molar-refractivity contribution < 1.29 is 20.1 Å². The van der Waals surface area contributed by atoms with Gasteiger partial charge in [-0.25, -0.2) is 4.79 Å². The number of carbonyl (C=O) groups is 1. The van der Waals surface area contributed by atoms with Gasteiger partial charge >= 0.3 is 5.97 Å². The van der Waals surface area contributed by atoms with Crippen molar-refractivity contribution in [3.63, 3.8) is 0 Å². The van der Waals surface area contributed by atoms with Crippen molar-refractivity contribution in [2.75, 3.05) is 44.2 Å². The van der Waals surface area contributed by atoms with Crippen molar-refractivity contribution in [3.05, 3.63) is 17.0 Å². The fourth-order valence-corrected chi connectivity index (χ4v) is 3.15. The molecule has 0 saturated carbocycles. The lowest BCUT2D eigenvalue weighted by Crippen LogP contribution is -2.49. The maximum Gasteiger partial charge on any atom is 0.338 e. The first-order valence-electron chi connectivity index (χ1n) is 6.19. The SMILES string of the molecule is O=C(O)c1ccsc1N1CCN(CC(O)CO)CC1. The largest absolute Gasteiger partial charge is 0.478 e. The van der Waals surface area contributed by atoms with Gasteiger partial charge in [-0.1, -0.05) is 0 Å². The molecule has 0 amide bonds. The smallest absolute Gasteiger partial charge is 0.338 e. The molecule has 0 spiro atoms. The van der Waals surface area contributed by atoms with Gasteiger partial charge in [0.2, 0.25) is 0 Å². The second kappa shape index (κ2) is 6.33. The van der Waals surface area contributed by atoms with Crippen LogP contribution in [0.2, 0.25) is 0 Å². The summed E-state index contributed by atoms with van der Waals surface area (Å²) in [6.07, 6.45) is -0.706. The molecule has 1 fully saturated rings. The monoisotopic (exact) mass is 286 g/mol. The van der Waals surface area contributed by atoms with Crippen LogP contribution in [-0.2, 0) is 0 Å². The number of rotatable bonds is 5. The van der Waals surface area contributed by atoms with Crippen LogP contribution in [0.4, 0.5) is 5.00 Å². The Hall–Kier alpha value is -1.15. The lowest BCUT2D eigenvalue weighted by Gasteiger charge is -2.36. The molecule has 2 heterocycles. The highest BCUT2D eigenvalue weighted by Crippen LogP contribution is 2.28. The fourth-order valence-electron chi connectivity index (χ4n) is 2.20.